The molecule has 0 radical (unpaired) electrons. The third-order valence-electron chi connectivity index (χ3n) is 2.83. The lowest BCUT2D eigenvalue weighted by atomic mass is 10.2. The van der Waals surface area contributed by atoms with E-state index in [-0.39, 0.29) is 30.0 Å². The highest BCUT2D eigenvalue weighted by molar-refractivity contribution is 7.89. The fourth-order valence-corrected chi connectivity index (χ4v) is 2.77. The van der Waals surface area contributed by atoms with Gasteiger partial charge >= 0.3 is 0 Å². The number of methoxy groups -OCH3 is 1. The van der Waals surface area contributed by atoms with E-state index in [0.717, 1.165) is 5.56 Å². The van der Waals surface area contributed by atoms with Gasteiger partial charge in [0.2, 0.25) is 10.0 Å². The second-order valence-corrected chi connectivity index (χ2v) is 6.75. The van der Waals surface area contributed by atoms with Gasteiger partial charge in [-0.2, -0.15) is 0 Å². The number of rotatable bonds is 8. The van der Waals surface area contributed by atoms with Gasteiger partial charge in [0.25, 0.3) is 0 Å². The molecule has 22 heavy (non-hydrogen) atoms. The molecule has 0 saturated heterocycles. The molecule has 1 aromatic carbocycles. The molecular weight excluding hydrogens is 304 g/mol. The predicted octanol–water partition coefficient (Wildman–Crippen LogP) is 0.213. The average molecular weight is 328 g/mol. The summed E-state index contributed by atoms with van der Waals surface area (Å²) in [6, 6.07) is 6.70. The van der Waals surface area contributed by atoms with E-state index < -0.39 is 10.0 Å². The molecule has 4 N–H and O–H groups in total. The van der Waals surface area contributed by atoms with Crippen LogP contribution in [-0.2, 0) is 14.8 Å². The first-order valence-corrected chi connectivity index (χ1v) is 8.45. The monoisotopic (exact) mass is 328 g/mol. The molecule has 1 aromatic rings. The van der Waals surface area contributed by atoms with E-state index in [9.17, 15) is 8.42 Å². The van der Waals surface area contributed by atoms with Crippen LogP contribution in [0.3, 0.4) is 0 Å². The fraction of sp³-hybridized carbons (Fsp3) is 0.500. The lowest BCUT2D eigenvalue weighted by molar-refractivity contribution is 0.179. The SMILES string of the molecule is COCC(C)NC(N)=NCCNS(=O)(=O)c1ccc(C)cc1. The Kier molecular flexibility index (Phi) is 7.30. The minimum absolute atomic E-state index is 0.0398. The summed E-state index contributed by atoms with van der Waals surface area (Å²) in [5, 5.41) is 2.94. The first-order valence-electron chi connectivity index (χ1n) is 6.97. The van der Waals surface area contributed by atoms with Crippen LogP contribution in [0.1, 0.15) is 12.5 Å². The summed E-state index contributed by atoms with van der Waals surface area (Å²) in [6.45, 7) is 4.75. The van der Waals surface area contributed by atoms with Gasteiger partial charge in [-0.05, 0) is 26.0 Å². The molecule has 0 bridgehead atoms. The molecule has 0 fully saturated rings. The van der Waals surface area contributed by atoms with Crippen molar-refractivity contribution in [3.63, 3.8) is 0 Å². The summed E-state index contributed by atoms with van der Waals surface area (Å²) in [7, 11) is -1.90. The van der Waals surface area contributed by atoms with E-state index >= 15 is 0 Å². The fourth-order valence-electron chi connectivity index (χ4n) is 1.75. The summed E-state index contributed by atoms with van der Waals surface area (Å²) in [5.41, 5.74) is 6.70. The van der Waals surface area contributed by atoms with Crippen LogP contribution in [0.4, 0.5) is 0 Å². The van der Waals surface area contributed by atoms with Crippen LogP contribution in [0.25, 0.3) is 0 Å². The molecule has 0 aliphatic rings. The zero-order valence-electron chi connectivity index (χ0n) is 13.2. The molecule has 0 aliphatic heterocycles. The Bertz CT molecular complexity index is 585. The van der Waals surface area contributed by atoms with Gasteiger partial charge in [0.1, 0.15) is 0 Å². The van der Waals surface area contributed by atoms with Crippen LogP contribution >= 0.6 is 0 Å². The van der Waals surface area contributed by atoms with Crippen LogP contribution in [0.2, 0.25) is 0 Å². The van der Waals surface area contributed by atoms with E-state index in [4.69, 9.17) is 10.5 Å². The van der Waals surface area contributed by atoms with Crippen molar-refractivity contribution in [3.8, 4) is 0 Å². The number of benzene rings is 1. The first kappa shape index (κ1) is 18.4. The van der Waals surface area contributed by atoms with Gasteiger partial charge in [0, 0.05) is 19.7 Å². The third kappa shape index (κ3) is 6.42. The molecule has 1 rings (SSSR count). The van der Waals surface area contributed by atoms with E-state index in [1.807, 2.05) is 13.8 Å². The van der Waals surface area contributed by atoms with E-state index in [2.05, 4.69) is 15.0 Å². The highest BCUT2D eigenvalue weighted by atomic mass is 32.2. The van der Waals surface area contributed by atoms with E-state index in [0.29, 0.717) is 6.61 Å². The van der Waals surface area contributed by atoms with Gasteiger partial charge in [-0.25, -0.2) is 13.1 Å². The number of aliphatic imine (C=N–C) groups is 1. The van der Waals surface area contributed by atoms with Crippen LogP contribution < -0.4 is 15.8 Å². The topological polar surface area (TPSA) is 106 Å². The Balaban J connectivity index is 2.44. The van der Waals surface area contributed by atoms with Crippen molar-refractivity contribution in [1.29, 1.82) is 0 Å². The maximum atomic E-state index is 12.0. The van der Waals surface area contributed by atoms with Crippen LogP contribution in [0.15, 0.2) is 34.2 Å². The summed E-state index contributed by atoms with van der Waals surface area (Å²) >= 11 is 0. The maximum Gasteiger partial charge on any atom is 0.240 e. The van der Waals surface area contributed by atoms with Crippen molar-refractivity contribution >= 4 is 16.0 Å². The van der Waals surface area contributed by atoms with Crippen LogP contribution in [0.5, 0.6) is 0 Å². The Hall–Kier alpha value is -1.64. The second-order valence-electron chi connectivity index (χ2n) is 4.98. The molecule has 0 saturated carbocycles. The van der Waals surface area contributed by atoms with E-state index in [1.54, 1.807) is 31.4 Å². The molecule has 7 nitrogen and oxygen atoms in total. The van der Waals surface area contributed by atoms with Gasteiger partial charge in [-0.15, -0.1) is 0 Å². The van der Waals surface area contributed by atoms with Gasteiger partial charge in [-0.1, -0.05) is 17.7 Å². The number of aryl methyl sites for hydroxylation is 1. The average Bonchev–Trinajstić information content (AvgIpc) is 2.44. The third-order valence-corrected chi connectivity index (χ3v) is 4.31. The first-order chi connectivity index (χ1) is 10.3. The van der Waals surface area contributed by atoms with Crippen molar-refractivity contribution in [2.24, 2.45) is 10.7 Å². The number of hydrogen-bond donors (Lipinski definition) is 3. The van der Waals surface area contributed by atoms with Gasteiger partial charge in [-0.3, -0.25) is 4.99 Å². The highest BCUT2D eigenvalue weighted by Gasteiger charge is 2.12. The Morgan fingerprint density at radius 3 is 2.59 bits per heavy atom. The molecule has 1 unspecified atom stereocenters. The minimum Gasteiger partial charge on any atom is -0.383 e. The standard InChI is InChI=1S/C14H24N4O3S/c1-11-4-6-13(7-5-11)22(19,20)17-9-8-16-14(15)18-12(2)10-21-3/h4-7,12,17H,8-10H2,1-3H3,(H3,15,16,18). The lowest BCUT2D eigenvalue weighted by Crippen LogP contribution is -2.41. The van der Waals surface area contributed by atoms with E-state index in [1.165, 1.54) is 0 Å². The van der Waals surface area contributed by atoms with Crippen molar-refractivity contribution in [3.05, 3.63) is 29.8 Å². The molecule has 0 amide bonds. The quantitative estimate of drug-likeness (QED) is 0.359. The normalized spacial score (nSPS) is 13.9. The van der Waals surface area contributed by atoms with Crippen molar-refractivity contribution in [1.82, 2.24) is 10.0 Å². The predicted molar refractivity (Wildman–Crippen MR) is 87.3 cm³/mol. The van der Waals surface area contributed by atoms with Crippen molar-refractivity contribution in [2.45, 2.75) is 24.8 Å². The molecule has 1 atom stereocenters. The molecule has 124 valence electrons. The number of nitrogens with zero attached hydrogens (tertiary/aromatic N) is 1. The number of nitrogens with two attached hydrogens (primary N) is 1. The maximum absolute atomic E-state index is 12.0. The smallest absolute Gasteiger partial charge is 0.240 e. The summed E-state index contributed by atoms with van der Waals surface area (Å²) in [6.07, 6.45) is 0. The Labute approximate surface area is 132 Å². The molecule has 8 heteroatoms. The Morgan fingerprint density at radius 2 is 2.00 bits per heavy atom. The number of nitrogens with one attached hydrogen (secondary N) is 2. The highest BCUT2D eigenvalue weighted by Crippen LogP contribution is 2.09. The van der Waals surface area contributed by atoms with Gasteiger partial charge < -0.3 is 15.8 Å². The second kappa shape index (κ2) is 8.72. The number of hydrogen-bond acceptors (Lipinski definition) is 4. The summed E-state index contributed by atoms with van der Waals surface area (Å²) in [5.74, 6) is 0.263. The molecule has 0 aliphatic carbocycles. The number of guanidine groups is 1. The number of sulfonamides is 1. The lowest BCUT2D eigenvalue weighted by Gasteiger charge is -2.13. The molecule has 0 spiro atoms. The molecular formula is C14H24N4O3S. The summed E-state index contributed by atoms with van der Waals surface area (Å²) in [4.78, 5) is 4.30. The zero-order valence-corrected chi connectivity index (χ0v) is 14.0. The van der Waals surface area contributed by atoms with Crippen LogP contribution in [0, 0.1) is 6.92 Å². The Morgan fingerprint density at radius 1 is 1.36 bits per heavy atom. The molecule has 0 heterocycles. The van der Waals surface area contributed by atoms with Gasteiger partial charge in [0.05, 0.1) is 18.0 Å². The molecule has 0 aromatic heterocycles. The number of ether oxygens (including phenoxy) is 1. The van der Waals surface area contributed by atoms with Gasteiger partial charge in [0.15, 0.2) is 5.96 Å². The van der Waals surface area contributed by atoms with Crippen molar-refractivity contribution < 1.29 is 13.2 Å². The van der Waals surface area contributed by atoms with Crippen molar-refractivity contribution in [2.75, 3.05) is 26.8 Å². The summed E-state index contributed by atoms with van der Waals surface area (Å²) < 4.78 is 31.5. The largest absolute Gasteiger partial charge is 0.383 e. The zero-order chi connectivity index (χ0) is 16.6. The van der Waals surface area contributed by atoms with Crippen LogP contribution in [-0.4, -0.2) is 47.2 Å². The minimum atomic E-state index is -3.51.